The van der Waals surface area contributed by atoms with E-state index in [9.17, 15) is 14.7 Å². The predicted octanol–water partition coefficient (Wildman–Crippen LogP) is 14.4. The molecule has 0 aliphatic rings. The van der Waals surface area contributed by atoms with E-state index in [1.807, 2.05) is 0 Å². The summed E-state index contributed by atoms with van der Waals surface area (Å²) >= 11 is 1.39. The van der Waals surface area contributed by atoms with Gasteiger partial charge in [-0.2, -0.15) is 0 Å². The predicted molar refractivity (Wildman–Crippen MR) is 231 cm³/mol. The number of unbranched alkanes of at least 4 members (excludes halogenated alkanes) is 26. The molecule has 0 heterocycles. The first-order chi connectivity index (χ1) is 26.1. The summed E-state index contributed by atoms with van der Waals surface area (Å²) in [4.78, 5) is 26.9. The van der Waals surface area contributed by atoms with E-state index in [1.165, 1.54) is 179 Å². The minimum absolute atomic E-state index is 0.0200. The van der Waals surface area contributed by atoms with Gasteiger partial charge in [-0.25, -0.2) is 4.79 Å². The average Bonchev–Trinajstić information content (AvgIpc) is 3.15. The molecule has 316 valence electrons. The number of carbonyl (C=O) groups is 2. The van der Waals surface area contributed by atoms with Crippen molar-refractivity contribution in [1.29, 1.82) is 0 Å². The van der Waals surface area contributed by atoms with Crippen LogP contribution in [0.1, 0.15) is 239 Å². The van der Waals surface area contributed by atoms with E-state index in [4.69, 9.17) is 9.47 Å². The topological polar surface area (TPSA) is 76.1 Å². The highest BCUT2D eigenvalue weighted by Crippen LogP contribution is 2.21. The first kappa shape index (κ1) is 52.2. The van der Waals surface area contributed by atoms with E-state index in [1.54, 1.807) is 0 Å². The molecule has 0 aromatic rings. The molecule has 53 heavy (non-hydrogen) atoms. The Morgan fingerprint density at radius 1 is 0.509 bits per heavy atom. The molecule has 7 heteroatoms. The summed E-state index contributed by atoms with van der Waals surface area (Å²) in [6.07, 6.45) is 41.0. The van der Waals surface area contributed by atoms with Crippen molar-refractivity contribution in [3.63, 3.8) is 0 Å². The third-order valence-electron chi connectivity index (χ3n) is 10.6. The Morgan fingerprint density at radius 2 is 0.925 bits per heavy atom. The molecule has 1 unspecified atom stereocenters. The van der Waals surface area contributed by atoms with E-state index >= 15 is 0 Å². The summed E-state index contributed by atoms with van der Waals surface area (Å²) in [7, 11) is 0. The van der Waals surface area contributed by atoms with Crippen molar-refractivity contribution in [2.45, 2.75) is 245 Å². The molecular formula is C46H91NO5S. The van der Waals surface area contributed by atoms with Gasteiger partial charge in [-0.3, -0.25) is 4.79 Å². The molecule has 0 bridgehead atoms. The molecule has 0 spiro atoms. The maximum atomic E-state index is 12.6. The third kappa shape index (κ3) is 40.7. The highest BCUT2D eigenvalue weighted by atomic mass is 32.2. The lowest BCUT2D eigenvalue weighted by Crippen LogP contribution is -2.29. The molecule has 6 nitrogen and oxygen atoms in total. The molecule has 0 amide bonds. The van der Waals surface area contributed by atoms with Crippen LogP contribution < -0.4 is 0 Å². The first-order valence-corrected chi connectivity index (χ1v) is 24.4. The second-order valence-corrected chi connectivity index (χ2v) is 16.9. The zero-order chi connectivity index (χ0) is 38.7. The lowest BCUT2D eigenvalue weighted by molar-refractivity contribution is -0.143. The van der Waals surface area contributed by atoms with Gasteiger partial charge in [0.25, 0.3) is 0 Å². The summed E-state index contributed by atoms with van der Waals surface area (Å²) in [6, 6.07) is 0. The highest BCUT2D eigenvalue weighted by Gasteiger charge is 2.15. The number of thioether (sulfide) groups is 1. The zero-order valence-electron chi connectivity index (χ0n) is 35.8. The maximum absolute atomic E-state index is 12.6. The number of carbonyl (C=O) groups excluding carboxylic acids is 2. The third-order valence-corrected chi connectivity index (χ3v) is 11.5. The van der Waals surface area contributed by atoms with Crippen LogP contribution in [-0.4, -0.2) is 66.0 Å². The Kier molecular flexibility index (Phi) is 43.3. The Hall–Kier alpha value is -0.790. The van der Waals surface area contributed by atoms with Crippen LogP contribution in [0.25, 0.3) is 0 Å². The Balaban J connectivity index is 3.84. The van der Waals surface area contributed by atoms with E-state index in [2.05, 4.69) is 25.7 Å². The van der Waals surface area contributed by atoms with Crippen molar-refractivity contribution < 1.29 is 24.2 Å². The Labute approximate surface area is 334 Å². The normalized spacial score (nSPS) is 12.1. The number of ether oxygens (including phenoxy) is 2. The number of aliphatic hydroxyl groups excluding tert-OH is 1. The van der Waals surface area contributed by atoms with Crippen molar-refractivity contribution in [2.75, 3.05) is 38.6 Å². The van der Waals surface area contributed by atoms with Gasteiger partial charge in [-0.1, -0.05) is 175 Å². The molecule has 0 saturated heterocycles. The van der Waals surface area contributed by atoms with Gasteiger partial charge < -0.3 is 19.5 Å². The van der Waals surface area contributed by atoms with E-state index in [0.29, 0.717) is 13.0 Å². The molecule has 0 rings (SSSR count). The summed E-state index contributed by atoms with van der Waals surface area (Å²) < 4.78 is 11.4. The standard InChI is InChI=1S/C46H91NO5S/c1-4-7-10-13-15-16-17-22-29-36-44(35-28-12-9-6-3)52-46(50)53-43-34-27-21-19-25-32-39-47(40-41-48)38-31-24-18-20-26-33-42-51-45(49)37-30-23-14-11-8-5-2/h44,48H,4-43H2,1-3H3. The van der Waals surface area contributed by atoms with Gasteiger partial charge in [0.15, 0.2) is 0 Å². The second-order valence-electron chi connectivity index (χ2n) is 15.9. The van der Waals surface area contributed by atoms with Gasteiger partial charge in [-0.15, -0.1) is 0 Å². The summed E-state index contributed by atoms with van der Waals surface area (Å²) in [5, 5.41) is 9.49. The fourth-order valence-electron chi connectivity index (χ4n) is 7.14. The van der Waals surface area contributed by atoms with Gasteiger partial charge in [0.1, 0.15) is 6.10 Å². The summed E-state index contributed by atoms with van der Waals surface area (Å²) in [5.41, 5.74) is 0. The number of esters is 1. The van der Waals surface area contributed by atoms with E-state index < -0.39 is 0 Å². The number of hydrogen-bond donors (Lipinski definition) is 1. The number of hydrogen-bond acceptors (Lipinski definition) is 7. The van der Waals surface area contributed by atoms with Crippen LogP contribution in [0.3, 0.4) is 0 Å². The van der Waals surface area contributed by atoms with Gasteiger partial charge in [0, 0.05) is 18.7 Å². The molecule has 0 radical (unpaired) electrons. The minimum Gasteiger partial charge on any atom is -0.466 e. The number of rotatable bonds is 43. The van der Waals surface area contributed by atoms with Crippen molar-refractivity contribution in [2.24, 2.45) is 0 Å². The van der Waals surface area contributed by atoms with Crippen LogP contribution in [0, 0.1) is 0 Å². The largest absolute Gasteiger partial charge is 0.466 e. The lowest BCUT2D eigenvalue weighted by Gasteiger charge is -2.21. The molecule has 0 aromatic heterocycles. The summed E-state index contributed by atoms with van der Waals surface area (Å²) in [6.45, 7) is 10.5. The van der Waals surface area contributed by atoms with Crippen LogP contribution in [0.4, 0.5) is 4.79 Å². The molecule has 0 aromatic carbocycles. The van der Waals surface area contributed by atoms with Crippen LogP contribution in [0.2, 0.25) is 0 Å². The number of aliphatic hydroxyl groups is 1. The van der Waals surface area contributed by atoms with Crippen molar-refractivity contribution in [1.82, 2.24) is 4.90 Å². The maximum Gasteiger partial charge on any atom is 0.367 e. The zero-order valence-corrected chi connectivity index (χ0v) is 36.6. The van der Waals surface area contributed by atoms with Crippen LogP contribution in [0.5, 0.6) is 0 Å². The van der Waals surface area contributed by atoms with Crippen molar-refractivity contribution in [3.05, 3.63) is 0 Å². The molecule has 1 atom stereocenters. The lowest BCUT2D eigenvalue weighted by atomic mass is 10.0. The fraction of sp³-hybridized carbons (Fsp3) is 0.957. The van der Waals surface area contributed by atoms with E-state index in [0.717, 1.165) is 70.3 Å². The SMILES string of the molecule is CCCCCCCCCCCC(CCCCCC)OC(=O)SCCCCCCCCN(CCO)CCCCCCCCOC(=O)CCCCCCCC. The van der Waals surface area contributed by atoms with Crippen LogP contribution in [0.15, 0.2) is 0 Å². The molecule has 0 saturated carbocycles. The summed E-state index contributed by atoms with van der Waals surface area (Å²) in [5.74, 6) is 0.852. The number of nitrogens with zero attached hydrogens (tertiary/aromatic N) is 1. The Bertz CT molecular complexity index is 753. The van der Waals surface area contributed by atoms with Gasteiger partial charge in [-0.05, 0) is 82.6 Å². The molecule has 1 N–H and O–H groups in total. The van der Waals surface area contributed by atoms with Crippen molar-refractivity contribution in [3.8, 4) is 0 Å². The molecule has 0 aliphatic heterocycles. The van der Waals surface area contributed by atoms with Crippen molar-refractivity contribution >= 4 is 23.0 Å². The quantitative estimate of drug-likeness (QED) is 0.0489. The van der Waals surface area contributed by atoms with Gasteiger partial charge in [0.2, 0.25) is 0 Å². The van der Waals surface area contributed by atoms with Gasteiger partial charge in [0.05, 0.1) is 13.2 Å². The van der Waals surface area contributed by atoms with E-state index in [-0.39, 0.29) is 24.0 Å². The molecular weight excluding hydrogens is 679 g/mol. The smallest absolute Gasteiger partial charge is 0.367 e. The minimum atomic E-state index is -0.0537. The fourth-order valence-corrected chi connectivity index (χ4v) is 7.86. The first-order valence-electron chi connectivity index (χ1n) is 23.4. The average molecular weight is 770 g/mol. The van der Waals surface area contributed by atoms with Crippen LogP contribution in [-0.2, 0) is 14.3 Å². The molecule has 0 aliphatic carbocycles. The Morgan fingerprint density at radius 3 is 1.43 bits per heavy atom. The molecule has 0 fully saturated rings. The monoisotopic (exact) mass is 770 g/mol. The second kappa shape index (κ2) is 43.9. The van der Waals surface area contributed by atoms with Crippen LogP contribution >= 0.6 is 11.8 Å². The van der Waals surface area contributed by atoms with Gasteiger partial charge >= 0.3 is 11.3 Å². The highest BCUT2D eigenvalue weighted by molar-refractivity contribution is 8.13.